The standard InChI is InChI=1S/C16H25F3N2O3/c1-9-4-3-5-13(10(9)2)20-14(22)8-21-6-11(15(23)24)12(7-21)16(17,18)19/h9-13H,3-8H2,1-2H3,(H,20,22)(H,23,24)/t9?,10?,11-,12-,13?/m1/s1. The quantitative estimate of drug-likeness (QED) is 0.815. The maximum atomic E-state index is 13.0. The zero-order valence-corrected chi connectivity index (χ0v) is 14.0. The lowest BCUT2D eigenvalue weighted by Gasteiger charge is -2.35. The molecule has 0 aromatic carbocycles. The van der Waals surface area contributed by atoms with E-state index in [4.69, 9.17) is 5.11 Å². The lowest BCUT2D eigenvalue weighted by atomic mass is 9.78. The first-order valence-corrected chi connectivity index (χ1v) is 8.40. The second kappa shape index (κ2) is 7.29. The lowest BCUT2D eigenvalue weighted by molar-refractivity contribution is -0.188. The van der Waals surface area contributed by atoms with Gasteiger partial charge < -0.3 is 10.4 Å². The number of hydrogen-bond donors (Lipinski definition) is 2. The summed E-state index contributed by atoms with van der Waals surface area (Å²) in [7, 11) is 0. The fraction of sp³-hybridized carbons (Fsp3) is 0.875. The number of carbonyl (C=O) groups is 2. The molecule has 0 radical (unpaired) electrons. The minimum Gasteiger partial charge on any atom is -0.481 e. The summed E-state index contributed by atoms with van der Waals surface area (Å²) in [5.74, 6) is -4.39. The Labute approximate surface area is 139 Å². The van der Waals surface area contributed by atoms with Crippen LogP contribution in [-0.2, 0) is 9.59 Å². The highest BCUT2D eigenvalue weighted by molar-refractivity contribution is 5.78. The average molecular weight is 350 g/mol. The Morgan fingerprint density at radius 2 is 1.88 bits per heavy atom. The molecular formula is C16H25F3N2O3. The van der Waals surface area contributed by atoms with Gasteiger partial charge in [0, 0.05) is 19.1 Å². The van der Waals surface area contributed by atoms with Crippen molar-refractivity contribution >= 4 is 11.9 Å². The van der Waals surface area contributed by atoms with Gasteiger partial charge in [0.1, 0.15) is 0 Å². The zero-order valence-electron chi connectivity index (χ0n) is 14.0. The fourth-order valence-electron chi connectivity index (χ4n) is 3.84. The van der Waals surface area contributed by atoms with Crippen LogP contribution >= 0.6 is 0 Å². The summed E-state index contributed by atoms with van der Waals surface area (Å²) >= 11 is 0. The molecule has 0 aromatic rings. The molecule has 0 aromatic heterocycles. The molecule has 0 spiro atoms. The first-order valence-electron chi connectivity index (χ1n) is 8.40. The summed E-state index contributed by atoms with van der Waals surface area (Å²) in [6.45, 7) is 3.33. The molecule has 1 saturated carbocycles. The molecule has 2 fully saturated rings. The highest BCUT2D eigenvalue weighted by Gasteiger charge is 2.52. The molecular weight excluding hydrogens is 325 g/mol. The first-order chi connectivity index (χ1) is 11.1. The minimum atomic E-state index is -4.57. The van der Waals surface area contributed by atoms with E-state index < -0.39 is 30.5 Å². The highest BCUT2D eigenvalue weighted by Crippen LogP contribution is 2.37. The molecule has 138 valence electrons. The van der Waals surface area contributed by atoms with Crippen molar-refractivity contribution in [3.63, 3.8) is 0 Å². The van der Waals surface area contributed by atoms with Crippen LogP contribution in [0.25, 0.3) is 0 Å². The summed E-state index contributed by atoms with van der Waals surface area (Å²) in [5.41, 5.74) is 0. The number of likely N-dealkylation sites (tertiary alicyclic amines) is 1. The van der Waals surface area contributed by atoms with Gasteiger partial charge >= 0.3 is 12.1 Å². The maximum Gasteiger partial charge on any atom is 0.393 e. The van der Waals surface area contributed by atoms with Crippen molar-refractivity contribution in [3.05, 3.63) is 0 Å². The van der Waals surface area contributed by atoms with E-state index in [9.17, 15) is 22.8 Å². The second-order valence-corrected chi connectivity index (χ2v) is 7.23. The van der Waals surface area contributed by atoms with Gasteiger partial charge in [0.15, 0.2) is 0 Å². The highest BCUT2D eigenvalue weighted by atomic mass is 19.4. The molecule has 1 aliphatic heterocycles. The Bertz CT molecular complexity index is 484. The van der Waals surface area contributed by atoms with Crippen LogP contribution < -0.4 is 5.32 Å². The minimum absolute atomic E-state index is 0.0394. The SMILES string of the molecule is CC1CCCC(NC(=O)CN2C[C@@H](C(F)(F)F)[C@H](C(=O)O)C2)C1C. The molecule has 5 nitrogen and oxygen atoms in total. The fourth-order valence-corrected chi connectivity index (χ4v) is 3.84. The Morgan fingerprint density at radius 1 is 1.21 bits per heavy atom. The number of hydrogen-bond acceptors (Lipinski definition) is 3. The number of amides is 1. The van der Waals surface area contributed by atoms with Gasteiger partial charge in [-0.25, -0.2) is 0 Å². The van der Waals surface area contributed by atoms with Gasteiger partial charge in [-0.1, -0.05) is 26.7 Å². The summed E-state index contributed by atoms with van der Waals surface area (Å²) < 4.78 is 38.9. The summed E-state index contributed by atoms with van der Waals surface area (Å²) in [4.78, 5) is 24.5. The Balaban J connectivity index is 1.91. The van der Waals surface area contributed by atoms with Gasteiger partial charge in [-0.2, -0.15) is 13.2 Å². The maximum absolute atomic E-state index is 13.0. The normalized spacial score (nSPS) is 35.0. The van der Waals surface area contributed by atoms with Crippen LogP contribution in [0, 0.1) is 23.7 Å². The largest absolute Gasteiger partial charge is 0.481 e. The van der Waals surface area contributed by atoms with Crippen LogP contribution in [0.2, 0.25) is 0 Å². The number of alkyl halides is 3. The Hall–Kier alpha value is -1.31. The molecule has 2 aliphatic rings. The summed E-state index contributed by atoms with van der Waals surface area (Å²) in [5, 5.41) is 11.9. The van der Waals surface area contributed by atoms with Gasteiger partial charge in [-0.05, 0) is 18.3 Å². The molecule has 0 bridgehead atoms. The zero-order chi connectivity index (χ0) is 18.1. The van der Waals surface area contributed by atoms with Gasteiger partial charge in [0.2, 0.25) is 5.91 Å². The number of carbonyl (C=O) groups excluding carboxylic acids is 1. The third-order valence-electron chi connectivity index (χ3n) is 5.55. The third kappa shape index (κ3) is 4.40. The molecule has 24 heavy (non-hydrogen) atoms. The number of aliphatic carboxylic acids is 1. The predicted molar refractivity (Wildman–Crippen MR) is 81.2 cm³/mol. The van der Waals surface area contributed by atoms with Crippen LogP contribution in [-0.4, -0.2) is 53.7 Å². The molecule has 2 N–H and O–H groups in total. The topological polar surface area (TPSA) is 69.6 Å². The van der Waals surface area contributed by atoms with E-state index in [-0.39, 0.29) is 25.0 Å². The number of nitrogens with one attached hydrogen (secondary N) is 1. The summed E-state index contributed by atoms with van der Waals surface area (Å²) in [6.07, 6.45) is -1.55. The number of rotatable bonds is 4. The van der Waals surface area contributed by atoms with Crippen LogP contribution in [0.1, 0.15) is 33.1 Å². The van der Waals surface area contributed by atoms with Crippen molar-refractivity contribution < 1.29 is 27.9 Å². The molecule has 5 atom stereocenters. The van der Waals surface area contributed by atoms with Crippen molar-refractivity contribution in [2.75, 3.05) is 19.6 Å². The van der Waals surface area contributed by atoms with Crippen LogP contribution in [0.5, 0.6) is 0 Å². The van der Waals surface area contributed by atoms with Crippen molar-refractivity contribution in [2.45, 2.75) is 45.3 Å². The molecule has 1 saturated heterocycles. The molecule has 2 rings (SSSR count). The van der Waals surface area contributed by atoms with E-state index >= 15 is 0 Å². The Kier molecular flexibility index (Phi) is 5.78. The molecule has 8 heteroatoms. The van der Waals surface area contributed by atoms with Crippen molar-refractivity contribution in [3.8, 4) is 0 Å². The van der Waals surface area contributed by atoms with E-state index in [0.717, 1.165) is 19.3 Å². The number of nitrogens with zero attached hydrogens (tertiary/aromatic N) is 1. The van der Waals surface area contributed by atoms with Gasteiger partial charge in [-0.3, -0.25) is 14.5 Å². The van der Waals surface area contributed by atoms with E-state index in [1.54, 1.807) is 0 Å². The van der Waals surface area contributed by atoms with Crippen molar-refractivity contribution in [1.29, 1.82) is 0 Å². The van der Waals surface area contributed by atoms with E-state index in [1.807, 2.05) is 0 Å². The number of carboxylic acid groups (broad SMARTS) is 1. The van der Waals surface area contributed by atoms with Crippen LogP contribution in [0.15, 0.2) is 0 Å². The smallest absolute Gasteiger partial charge is 0.393 e. The molecule has 1 heterocycles. The van der Waals surface area contributed by atoms with Crippen molar-refractivity contribution in [1.82, 2.24) is 10.2 Å². The third-order valence-corrected chi connectivity index (χ3v) is 5.55. The van der Waals surface area contributed by atoms with E-state index in [2.05, 4.69) is 19.2 Å². The van der Waals surface area contributed by atoms with E-state index in [0.29, 0.717) is 11.8 Å². The van der Waals surface area contributed by atoms with E-state index in [1.165, 1.54) is 4.90 Å². The van der Waals surface area contributed by atoms with Crippen LogP contribution in [0.4, 0.5) is 13.2 Å². The van der Waals surface area contributed by atoms with Gasteiger partial charge in [0.25, 0.3) is 0 Å². The number of carboxylic acids is 1. The Morgan fingerprint density at radius 3 is 2.42 bits per heavy atom. The second-order valence-electron chi connectivity index (χ2n) is 7.23. The first kappa shape index (κ1) is 19.0. The van der Waals surface area contributed by atoms with Crippen molar-refractivity contribution in [2.24, 2.45) is 23.7 Å². The monoisotopic (exact) mass is 350 g/mol. The average Bonchev–Trinajstić information content (AvgIpc) is 2.88. The predicted octanol–water partition coefficient (Wildman–Crippen LogP) is 2.12. The number of halogens is 3. The lowest BCUT2D eigenvalue weighted by Crippen LogP contribution is -2.47. The van der Waals surface area contributed by atoms with Crippen LogP contribution in [0.3, 0.4) is 0 Å². The molecule has 1 aliphatic carbocycles. The van der Waals surface area contributed by atoms with Gasteiger partial charge in [0.05, 0.1) is 18.4 Å². The molecule has 3 unspecified atom stereocenters. The molecule has 1 amide bonds. The van der Waals surface area contributed by atoms with Gasteiger partial charge in [-0.15, -0.1) is 0 Å². The summed E-state index contributed by atoms with van der Waals surface area (Å²) in [6, 6.07) is 0.0394.